The number of hydrogen-bond donors (Lipinski definition) is 1. The van der Waals surface area contributed by atoms with Crippen molar-refractivity contribution in [3.63, 3.8) is 0 Å². The van der Waals surface area contributed by atoms with Gasteiger partial charge in [0.2, 0.25) is 0 Å². The van der Waals surface area contributed by atoms with Gasteiger partial charge in [-0.3, -0.25) is 0 Å². The van der Waals surface area contributed by atoms with Crippen molar-refractivity contribution in [1.82, 2.24) is 0 Å². The molecule has 6 heteroatoms. The van der Waals surface area contributed by atoms with E-state index in [-0.39, 0.29) is 18.6 Å². The summed E-state index contributed by atoms with van der Waals surface area (Å²) in [4.78, 5) is 0. The van der Waals surface area contributed by atoms with E-state index in [1.165, 1.54) is 0 Å². The second-order valence-corrected chi connectivity index (χ2v) is 3.63. The predicted molar refractivity (Wildman–Crippen MR) is 52.9 cm³/mol. The van der Waals surface area contributed by atoms with E-state index in [0.29, 0.717) is 0 Å². The fourth-order valence-electron chi connectivity index (χ4n) is 1.54. The molecule has 0 aliphatic heterocycles. The second kappa shape index (κ2) is 4.38. The van der Waals surface area contributed by atoms with E-state index in [1.54, 1.807) is 0 Å². The summed E-state index contributed by atoms with van der Waals surface area (Å²) in [5.74, 6) is -1.70. The third-order valence-electron chi connectivity index (χ3n) is 2.40. The first-order valence-electron chi connectivity index (χ1n) is 4.34. The van der Waals surface area contributed by atoms with E-state index in [2.05, 4.69) is 12.2 Å². The number of rotatable bonds is 2. The zero-order valence-corrected chi connectivity index (χ0v) is 8.51. The second-order valence-electron chi connectivity index (χ2n) is 3.39. The van der Waals surface area contributed by atoms with E-state index < -0.39 is 29.9 Å². The Bertz CT molecular complexity index is 319. The molecule has 0 amide bonds. The van der Waals surface area contributed by atoms with Gasteiger partial charge >= 0.3 is 6.18 Å². The number of alkyl halides is 3. The Kier molecular flexibility index (Phi) is 3.59. The van der Waals surface area contributed by atoms with Crippen LogP contribution in [0.25, 0.3) is 0 Å². The molecule has 1 aliphatic carbocycles. The van der Waals surface area contributed by atoms with Crippen LogP contribution in [0.4, 0.5) is 17.6 Å². The van der Waals surface area contributed by atoms with Crippen LogP contribution in [-0.4, -0.2) is 17.3 Å². The third kappa shape index (κ3) is 2.84. The molecule has 0 radical (unpaired) electrons. The smallest absolute Gasteiger partial charge is 0.304 e. The monoisotopic (exact) mass is 239 g/mol. The maximum absolute atomic E-state index is 12.9. The van der Waals surface area contributed by atoms with Crippen molar-refractivity contribution in [3.05, 3.63) is 11.4 Å². The molecule has 0 aromatic carbocycles. The van der Waals surface area contributed by atoms with E-state index in [4.69, 9.17) is 5.41 Å². The fraction of sp³-hybridized carbons (Fsp3) is 0.556. The van der Waals surface area contributed by atoms with Crippen LogP contribution in [0.1, 0.15) is 19.3 Å². The Morgan fingerprint density at radius 2 is 2.07 bits per heavy atom. The lowest BCUT2D eigenvalue weighted by Gasteiger charge is -2.24. The molecule has 0 spiro atoms. The molecule has 1 N–H and O–H groups in total. The minimum absolute atomic E-state index is 0.0285. The summed E-state index contributed by atoms with van der Waals surface area (Å²) in [6.07, 6.45) is -5.14. The van der Waals surface area contributed by atoms with Crippen molar-refractivity contribution >= 4 is 23.3 Å². The Morgan fingerprint density at radius 3 is 2.53 bits per heavy atom. The molecule has 0 fully saturated rings. The quantitative estimate of drug-likeness (QED) is 0.444. The first kappa shape index (κ1) is 12.3. The molecule has 0 aromatic heterocycles. The Labute approximate surface area is 89.7 Å². The van der Waals surface area contributed by atoms with Crippen LogP contribution < -0.4 is 0 Å². The van der Waals surface area contributed by atoms with Gasteiger partial charge < -0.3 is 5.41 Å². The van der Waals surface area contributed by atoms with Crippen LogP contribution in [0.5, 0.6) is 0 Å². The van der Waals surface area contributed by atoms with Crippen molar-refractivity contribution < 1.29 is 17.6 Å². The van der Waals surface area contributed by atoms with Gasteiger partial charge in [0.25, 0.3) is 0 Å². The van der Waals surface area contributed by atoms with Gasteiger partial charge in [-0.1, -0.05) is 12.2 Å². The molecule has 0 saturated carbocycles. The average molecular weight is 239 g/mol. The first-order valence-corrected chi connectivity index (χ1v) is 4.81. The van der Waals surface area contributed by atoms with Crippen LogP contribution in [0.15, 0.2) is 11.4 Å². The molecule has 1 nitrogen and oxygen atoms in total. The summed E-state index contributed by atoms with van der Waals surface area (Å²) in [6.45, 7) is 0. The maximum Gasteiger partial charge on any atom is 0.415 e. The van der Waals surface area contributed by atoms with Crippen molar-refractivity contribution in [2.75, 3.05) is 0 Å². The summed E-state index contributed by atoms with van der Waals surface area (Å²) < 4.78 is 49.9. The highest BCUT2D eigenvalue weighted by atomic mass is 32.1. The minimum Gasteiger partial charge on any atom is -0.304 e. The number of halogens is 4. The van der Waals surface area contributed by atoms with Gasteiger partial charge in [0.05, 0.1) is 5.57 Å². The first-order chi connectivity index (χ1) is 6.86. The molecule has 1 unspecified atom stereocenters. The third-order valence-corrected chi connectivity index (χ3v) is 2.65. The zero-order chi connectivity index (χ0) is 11.6. The van der Waals surface area contributed by atoms with Crippen molar-refractivity contribution in [2.45, 2.75) is 25.4 Å². The molecule has 0 saturated heterocycles. The summed E-state index contributed by atoms with van der Waals surface area (Å²) in [6, 6.07) is 0. The van der Waals surface area contributed by atoms with Crippen LogP contribution in [0.3, 0.4) is 0 Å². The van der Waals surface area contributed by atoms with Crippen LogP contribution in [-0.2, 0) is 0 Å². The van der Waals surface area contributed by atoms with Gasteiger partial charge in [0.1, 0.15) is 5.83 Å². The predicted octanol–water partition coefficient (Wildman–Crippen LogP) is 3.59. The van der Waals surface area contributed by atoms with E-state index >= 15 is 0 Å². The van der Waals surface area contributed by atoms with Gasteiger partial charge in [0, 0.05) is 23.4 Å². The lowest BCUT2D eigenvalue weighted by Crippen LogP contribution is -2.25. The topological polar surface area (TPSA) is 23.9 Å². The van der Waals surface area contributed by atoms with Crippen molar-refractivity contribution in [2.24, 2.45) is 5.92 Å². The van der Waals surface area contributed by atoms with Crippen molar-refractivity contribution in [1.29, 1.82) is 5.41 Å². The molecule has 84 valence electrons. The average Bonchev–Trinajstić information content (AvgIpc) is 2.15. The molecule has 0 heterocycles. The van der Waals surface area contributed by atoms with E-state index in [1.807, 2.05) is 0 Å². The normalized spacial score (nSPS) is 22.8. The van der Waals surface area contributed by atoms with E-state index in [0.717, 1.165) is 5.37 Å². The van der Waals surface area contributed by atoms with Crippen LogP contribution in [0.2, 0.25) is 0 Å². The molecule has 1 rings (SSSR count). The molecule has 0 aromatic rings. The number of hydrogen-bond acceptors (Lipinski definition) is 2. The zero-order valence-electron chi connectivity index (χ0n) is 7.70. The van der Waals surface area contributed by atoms with Gasteiger partial charge in [0.15, 0.2) is 0 Å². The fourth-order valence-corrected chi connectivity index (χ4v) is 1.73. The summed E-state index contributed by atoms with van der Waals surface area (Å²) in [5, 5.41) is 8.36. The molecular formula is C9H9F4NS. The Balaban J connectivity index is 2.88. The molecule has 15 heavy (non-hydrogen) atoms. The SMILES string of the molecule is N=C(C=S)C1CCC(F)=C(C(F)(F)F)C1. The molecule has 1 atom stereocenters. The highest BCUT2D eigenvalue weighted by Crippen LogP contribution is 2.40. The number of allylic oxidation sites excluding steroid dienone is 2. The molecular weight excluding hydrogens is 230 g/mol. The van der Waals surface area contributed by atoms with Crippen molar-refractivity contribution in [3.8, 4) is 0 Å². The van der Waals surface area contributed by atoms with Gasteiger partial charge in [-0.15, -0.1) is 0 Å². The van der Waals surface area contributed by atoms with Crippen LogP contribution in [0, 0.1) is 11.3 Å². The number of thiocarbonyl (C=S) groups is 1. The highest BCUT2D eigenvalue weighted by molar-refractivity contribution is 7.80. The minimum atomic E-state index is -4.63. The lowest BCUT2D eigenvalue weighted by atomic mass is 9.85. The van der Waals surface area contributed by atoms with Gasteiger partial charge in [-0.25, -0.2) is 4.39 Å². The summed E-state index contributed by atoms with van der Waals surface area (Å²) in [5.41, 5.74) is -1.17. The van der Waals surface area contributed by atoms with Gasteiger partial charge in [-0.2, -0.15) is 13.2 Å². The molecule has 0 bridgehead atoms. The number of nitrogens with one attached hydrogen (secondary N) is 1. The summed E-state index contributed by atoms with van der Waals surface area (Å²) in [7, 11) is 0. The maximum atomic E-state index is 12.9. The summed E-state index contributed by atoms with van der Waals surface area (Å²) >= 11 is 4.48. The van der Waals surface area contributed by atoms with E-state index in [9.17, 15) is 17.6 Å². The highest BCUT2D eigenvalue weighted by Gasteiger charge is 2.40. The Hall–Kier alpha value is -0.780. The van der Waals surface area contributed by atoms with Crippen LogP contribution >= 0.6 is 12.2 Å². The van der Waals surface area contributed by atoms with Gasteiger partial charge in [-0.05, 0) is 12.8 Å². The largest absolute Gasteiger partial charge is 0.415 e. The molecule has 1 aliphatic rings. The standard InChI is InChI=1S/C9H9F4NS/c10-7-2-1-5(8(14)4-15)3-6(7)9(11,12)13/h4-5,14H,1-3H2. The lowest BCUT2D eigenvalue weighted by molar-refractivity contribution is -0.0980. The Morgan fingerprint density at radius 1 is 1.47 bits per heavy atom.